The number of anilines is 1. The molecule has 0 bridgehead atoms. The molecule has 2 aromatic heterocycles. The number of ether oxygens (including phenoxy) is 1. The van der Waals surface area contributed by atoms with Crippen LogP contribution in [0, 0.1) is 6.92 Å². The van der Waals surface area contributed by atoms with Gasteiger partial charge in [0.2, 0.25) is 5.91 Å². The summed E-state index contributed by atoms with van der Waals surface area (Å²) < 4.78 is 7.30. The monoisotopic (exact) mass is 484 g/mol. The molecule has 0 saturated carbocycles. The van der Waals surface area contributed by atoms with E-state index in [0.717, 1.165) is 48.2 Å². The van der Waals surface area contributed by atoms with Crippen LogP contribution < -0.4 is 5.32 Å². The van der Waals surface area contributed by atoms with Crippen LogP contribution in [0.5, 0.6) is 0 Å². The van der Waals surface area contributed by atoms with Gasteiger partial charge in [0.05, 0.1) is 17.9 Å². The Balaban J connectivity index is 1.49. The van der Waals surface area contributed by atoms with Crippen LogP contribution in [0.15, 0.2) is 29.4 Å². The van der Waals surface area contributed by atoms with Crippen molar-refractivity contribution in [2.75, 3.05) is 17.7 Å². The van der Waals surface area contributed by atoms with Crippen molar-refractivity contribution in [3.05, 3.63) is 45.8 Å². The van der Waals surface area contributed by atoms with E-state index in [1.807, 2.05) is 42.7 Å². The molecule has 0 fully saturated rings. The quantitative estimate of drug-likeness (QED) is 0.353. The van der Waals surface area contributed by atoms with Crippen LogP contribution in [0.2, 0.25) is 0 Å². The first-order chi connectivity index (χ1) is 16.0. The second-order valence-electron chi connectivity index (χ2n) is 7.84. The van der Waals surface area contributed by atoms with Crippen molar-refractivity contribution in [3.8, 4) is 11.4 Å². The van der Waals surface area contributed by atoms with E-state index in [1.54, 1.807) is 6.92 Å². The first kappa shape index (κ1) is 23.5. The minimum Gasteiger partial charge on any atom is -0.462 e. The van der Waals surface area contributed by atoms with Crippen LogP contribution in [0.4, 0.5) is 5.00 Å². The fraction of sp³-hybridized carbons (Fsp3) is 0.417. The number of fused-ring (bicyclic) bond motifs is 1. The van der Waals surface area contributed by atoms with Gasteiger partial charge in [-0.3, -0.25) is 4.79 Å². The van der Waals surface area contributed by atoms with Crippen LogP contribution in [-0.2, 0) is 28.9 Å². The fourth-order valence-corrected chi connectivity index (χ4v) is 6.17. The van der Waals surface area contributed by atoms with E-state index < -0.39 is 0 Å². The number of thiophene rings is 1. The average Bonchev–Trinajstić information content (AvgIpc) is 3.38. The molecule has 4 rings (SSSR count). The molecule has 0 radical (unpaired) electrons. The fourth-order valence-electron chi connectivity index (χ4n) is 4.07. The number of aromatic nitrogens is 3. The van der Waals surface area contributed by atoms with E-state index in [9.17, 15) is 9.59 Å². The summed E-state index contributed by atoms with van der Waals surface area (Å²) in [6.07, 6.45) is 3.95. The molecule has 7 nitrogen and oxygen atoms in total. The lowest BCUT2D eigenvalue weighted by molar-refractivity contribution is -0.113. The van der Waals surface area contributed by atoms with Gasteiger partial charge in [-0.05, 0) is 57.6 Å². The van der Waals surface area contributed by atoms with Crippen molar-refractivity contribution in [3.63, 3.8) is 0 Å². The van der Waals surface area contributed by atoms with Crippen LogP contribution in [0.3, 0.4) is 0 Å². The molecule has 9 heteroatoms. The van der Waals surface area contributed by atoms with Gasteiger partial charge in [-0.2, -0.15) is 0 Å². The number of esters is 1. The molecule has 1 aliphatic carbocycles. The number of hydrogen-bond acceptors (Lipinski definition) is 7. The van der Waals surface area contributed by atoms with Crippen LogP contribution in [-0.4, -0.2) is 39.0 Å². The zero-order valence-corrected chi connectivity index (χ0v) is 20.8. The Kier molecular flexibility index (Phi) is 7.49. The van der Waals surface area contributed by atoms with Crippen molar-refractivity contribution >= 4 is 40.0 Å². The summed E-state index contributed by atoms with van der Waals surface area (Å²) in [6.45, 7) is 6.89. The number of nitrogens with zero attached hydrogens (tertiary/aromatic N) is 3. The third kappa shape index (κ3) is 4.99. The van der Waals surface area contributed by atoms with Gasteiger partial charge in [0.1, 0.15) is 5.00 Å². The van der Waals surface area contributed by atoms with E-state index in [-0.39, 0.29) is 17.6 Å². The van der Waals surface area contributed by atoms with Crippen molar-refractivity contribution in [2.24, 2.45) is 0 Å². The SMILES string of the molecule is CCOC(=O)c1c(NC(=O)CSc2nnc(-c3ccccc3C)n2CC)sc2c1CCCC2. The molecule has 33 heavy (non-hydrogen) atoms. The highest BCUT2D eigenvalue weighted by Crippen LogP contribution is 2.38. The Hall–Kier alpha value is -2.65. The summed E-state index contributed by atoms with van der Waals surface area (Å²) in [7, 11) is 0. The Bertz CT molecular complexity index is 1170. The van der Waals surface area contributed by atoms with E-state index in [4.69, 9.17) is 4.74 Å². The molecular formula is C24H28N4O3S2. The molecule has 1 amide bonds. The highest BCUT2D eigenvalue weighted by Gasteiger charge is 2.27. The first-order valence-electron chi connectivity index (χ1n) is 11.3. The predicted octanol–water partition coefficient (Wildman–Crippen LogP) is 5.12. The van der Waals surface area contributed by atoms with Gasteiger partial charge in [-0.15, -0.1) is 21.5 Å². The van der Waals surface area contributed by atoms with Gasteiger partial charge in [0.25, 0.3) is 0 Å². The highest BCUT2D eigenvalue weighted by atomic mass is 32.2. The molecule has 1 N–H and O–H groups in total. The number of carbonyl (C=O) groups excluding carboxylic acids is 2. The van der Waals surface area contributed by atoms with E-state index >= 15 is 0 Å². The van der Waals surface area contributed by atoms with Crippen LogP contribution in [0.25, 0.3) is 11.4 Å². The van der Waals surface area contributed by atoms with E-state index in [2.05, 4.69) is 15.5 Å². The number of nitrogens with one attached hydrogen (secondary N) is 1. The summed E-state index contributed by atoms with van der Waals surface area (Å²) in [5.41, 5.74) is 3.74. The van der Waals surface area contributed by atoms with E-state index in [1.165, 1.54) is 28.0 Å². The number of thioether (sulfide) groups is 1. The second kappa shape index (κ2) is 10.5. The number of rotatable bonds is 8. The molecule has 0 aliphatic heterocycles. The lowest BCUT2D eigenvalue weighted by Crippen LogP contribution is -2.17. The maximum atomic E-state index is 12.8. The summed E-state index contributed by atoms with van der Waals surface area (Å²) >= 11 is 2.85. The minimum absolute atomic E-state index is 0.174. The van der Waals surface area contributed by atoms with Gasteiger partial charge >= 0.3 is 5.97 Å². The summed E-state index contributed by atoms with van der Waals surface area (Å²) in [5, 5.41) is 13.0. The van der Waals surface area contributed by atoms with Gasteiger partial charge in [-0.1, -0.05) is 36.0 Å². The lowest BCUT2D eigenvalue weighted by atomic mass is 9.95. The first-order valence-corrected chi connectivity index (χ1v) is 13.1. The topological polar surface area (TPSA) is 86.1 Å². The normalized spacial score (nSPS) is 12.9. The van der Waals surface area contributed by atoms with Crippen molar-refractivity contribution in [2.45, 2.75) is 58.2 Å². The molecule has 0 unspecified atom stereocenters. The minimum atomic E-state index is -0.353. The Morgan fingerprint density at radius 1 is 1.18 bits per heavy atom. The van der Waals surface area contributed by atoms with E-state index in [0.29, 0.717) is 28.9 Å². The van der Waals surface area contributed by atoms with Crippen molar-refractivity contribution in [1.82, 2.24) is 14.8 Å². The molecule has 174 valence electrons. The number of carbonyl (C=O) groups is 2. The molecule has 0 saturated heterocycles. The number of amides is 1. The molecular weight excluding hydrogens is 456 g/mol. The maximum Gasteiger partial charge on any atom is 0.341 e. The Morgan fingerprint density at radius 2 is 1.97 bits per heavy atom. The molecule has 1 aliphatic rings. The molecule has 0 spiro atoms. The van der Waals surface area contributed by atoms with Crippen LogP contribution >= 0.6 is 23.1 Å². The molecule has 2 heterocycles. The zero-order chi connectivity index (χ0) is 23.4. The van der Waals surface area contributed by atoms with Gasteiger partial charge < -0.3 is 14.6 Å². The van der Waals surface area contributed by atoms with Crippen molar-refractivity contribution in [1.29, 1.82) is 0 Å². The molecule has 1 aromatic carbocycles. The maximum absolute atomic E-state index is 12.8. The molecule has 0 atom stereocenters. The average molecular weight is 485 g/mol. The Morgan fingerprint density at radius 3 is 2.73 bits per heavy atom. The third-order valence-corrected chi connectivity index (χ3v) is 7.83. The standard InChI is InChI=1S/C24H28N4O3S2/c1-4-28-21(16-11-7-6-10-15(16)3)26-27-24(28)32-14-19(29)25-22-20(23(30)31-5-2)17-12-8-9-13-18(17)33-22/h6-7,10-11H,4-5,8-9,12-14H2,1-3H3,(H,25,29). The highest BCUT2D eigenvalue weighted by molar-refractivity contribution is 7.99. The third-order valence-electron chi connectivity index (χ3n) is 5.66. The Labute approximate surface area is 201 Å². The lowest BCUT2D eigenvalue weighted by Gasteiger charge is -2.12. The van der Waals surface area contributed by atoms with Gasteiger partial charge in [0, 0.05) is 17.0 Å². The number of aryl methyl sites for hydroxylation is 2. The zero-order valence-electron chi connectivity index (χ0n) is 19.1. The van der Waals surface area contributed by atoms with Gasteiger partial charge in [-0.25, -0.2) is 4.79 Å². The van der Waals surface area contributed by atoms with Crippen LogP contribution in [0.1, 0.15) is 53.1 Å². The summed E-state index contributed by atoms with van der Waals surface area (Å²) in [6, 6.07) is 8.06. The number of benzene rings is 1. The second-order valence-corrected chi connectivity index (χ2v) is 9.89. The summed E-state index contributed by atoms with van der Waals surface area (Å²) in [5.74, 6) is 0.450. The largest absolute Gasteiger partial charge is 0.462 e. The van der Waals surface area contributed by atoms with Gasteiger partial charge in [0.15, 0.2) is 11.0 Å². The smallest absolute Gasteiger partial charge is 0.341 e. The summed E-state index contributed by atoms with van der Waals surface area (Å²) in [4.78, 5) is 26.6. The predicted molar refractivity (Wildman–Crippen MR) is 132 cm³/mol. The molecule has 3 aromatic rings. The van der Waals surface area contributed by atoms with Crippen molar-refractivity contribution < 1.29 is 14.3 Å². The number of hydrogen-bond donors (Lipinski definition) is 1.